The van der Waals surface area contributed by atoms with Crippen molar-refractivity contribution >= 4 is 34.1 Å². The molecule has 0 fully saturated rings. The van der Waals surface area contributed by atoms with E-state index in [1.54, 1.807) is 18.3 Å². The number of nitrogens with one attached hydrogen (secondary N) is 1. The van der Waals surface area contributed by atoms with Crippen LogP contribution in [-0.2, 0) is 0 Å². The molecule has 0 bridgehead atoms. The monoisotopic (exact) mass is 415 g/mol. The number of rotatable bonds is 4. The standard InChI is InChI=1S/C23H21N5O3/c1-13-3-5-16(22(29)26-21-11-18(28(30)31)7-4-14(21)2)10-19(13)15-6-8-20-17(9-15)12-25-23(24)27-20/h3-12,30-31H,1-2H3,(H,26,29)(H2,24,25,27). The summed E-state index contributed by atoms with van der Waals surface area (Å²) in [5.74, 6) is -0.0826. The van der Waals surface area contributed by atoms with E-state index in [2.05, 4.69) is 15.3 Å². The Labute approximate surface area is 178 Å². The van der Waals surface area contributed by atoms with Gasteiger partial charge in [0.2, 0.25) is 5.95 Å². The zero-order chi connectivity index (χ0) is 22.1. The van der Waals surface area contributed by atoms with Gasteiger partial charge in [0.15, 0.2) is 0 Å². The van der Waals surface area contributed by atoms with E-state index in [0.29, 0.717) is 11.3 Å². The van der Waals surface area contributed by atoms with Gasteiger partial charge in [0, 0.05) is 22.8 Å². The molecule has 4 rings (SSSR count). The van der Waals surface area contributed by atoms with Gasteiger partial charge in [-0.05, 0) is 72.5 Å². The Bertz CT molecular complexity index is 1300. The first kappa shape index (κ1) is 20.3. The predicted octanol–water partition coefficient (Wildman–Crippen LogP) is 4.33. The number of fused-ring (bicyclic) bond motifs is 1. The van der Waals surface area contributed by atoms with E-state index in [9.17, 15) is 15.2 Å². The van der Waals surface area contributed by atoms with Crippen molar-refractivity contribution in [2.45, 2.75) is 13.8 Å². The van der Waals surface area contributed by atoms with Crippen molar-refractivity contribution in [1.82, 2.24) is 9.97 Å². The summed E-state index contributed by atoms with van der Waals surface area (Å²) in [6.07, 6.45) is 1.68. The molecule has 0 unspecified atom stereocenters. The fourth-order valence-electron chi connectivity index (χ4n) is 3.35. The molecule has 0 aliphatic rings. The van der Waals surface area contributed by atoms with Gasteiger partial charge in [0.05, 0.1) is 11.2 Å². The fourth-order valence-corrected chi connectivity index (χ4v) is 3.35. The molecule has 1 heterocycles. The zero-order valence-corrected chi connectivity index (χ0v) is 17.0. The third-order valence-corrected chi connectivity index (χ3v) is 5.11. The average molecular weight is 415 g/mol. The molecule has 156 valence electrons. The van der Waals surface area contributed by atoms with Crippen LogP contribution < -0.4 is 16.3 Å². The normalized spacial score (nSPS) is 10.8. The van der Waals surface area contributed by atoms with Crippen molar-refractivity contribution in [3.05, 3.63) is 77.5 Å². The maximum Gasteiger partial charge on any atom is 0.255 e. The lowest BCUT2D eigenvalue weighted by Crippen LogP contribution is -2.15. The topological polar surface area (TPSA) is 125 Å². The number of carbonyl (C=O) groups excluding carboxylic acids is 1. The number of carbonyl (C=O) groups is 1. The van der Waals surface area contributed by atoms with Crippen molar-refractivity contribution in [1.29, 1.82) is 0 Å². The summed E-state index contributed by atoms with van der Waals surface area (Å²) in [5.41, 5.74) is 11.2. The second kappa shape index (κ2) is 8.02. The first-order chi connectivity index (χ1) is 14.8. The summed E-state index contributed by atoms with van der Waals surface area (Å²) < 4.78 is 0. The van der Waals surface area contributed by atoms with E-state index in [1.165, 1.54) is 12.1 Å². The highest BCUT2D eigenvalue weighted by Gasteiger charge is 2.13. The van der Waals surface area contributed by atoms with E-state index in [0.717, 1.165) is 33.2 Å². The van der Waals surface area contributed by atoms with Crippen LogP contribution in [0.4, 0.5) is 17.3 Å². The molecule has 1 aromatic heterocycles. The van der Waals surface area contributed by atoms with Crippen LogP contribution in [0.25, 0.3) is 22.0 Å². The molecule has 0 radical (unpaired) electrons. The smallest absolute Gasteiger partial charge is 0.255 e. The number of nitrogen functional groups attached to an aromatic ring is 1. The van der Waals surface area contributed by atoms with Crippen LogP contribution in [0.1, 0.15) is 21.5 Å². The van der Waals surface area contributed by atoms with E-state index >= 15 is 0 Å². The lowest BCUT2D eigenvalue weighted by molar-refractivity contribution is 0.0291. The molecule has 0 spiro atoms. The summed E-state index contributed by atoms with van der Waals surface area (Å²) >= 11 is 0. The van der Waals surface area contributed by atoms with Crippen molar-refractivity contribution in [2.75, 3.05) is 16.3 Å². The number of benzene rings is 3. The maximum atomic E-state index is 12.9. The van der Waals surface area contributed by atoms with Crippen LogP contribution in [0.5, 0.6) is 0 Å². The second-order valence-electron chi connectivity index (χ2n) is 7.27. The third-order valence-electron chi connectivity index (χ3n) is 5.11. The molecule has 8 heteroatoms. The van der Waals surface area contributed by atoms with E-state index in [1.807, 2.05) is 44.2 Å². The van der Waals surface area contributed by atoms with Crippen molar-refractivity contribution < 1.29 is 15.2 Å². The molecule has 0 aliphatic heterocycles. The number of nitrogens with two attached hydrogens (primary N) is 1. The summed E-state index contributed by atoms with van der Waals surface area (Å²) in [6.45, 7) is 3.80. The van der Waals surface area contributed by atoms with Gasteiger partial charge in [-0.25, -0.2) is 9.97 Å². The molecule has 0 atom stereocenters. The first-order valence-corrected chi connectivity index (χ1v) is 9.55. The van der Waals surface area contributed by atoms with Gasteiger partial charge >= 0.3 is 0 Å². The summed E-state index contributed by atoms with van der Waals surface area (Å²) in [7, 11) is 0. The number of amides is 1. The Morgan fingerprint density at radius 1 is 1.00 bits per heavy atom. The first-order valence-electron chi connectivity index (χ1n) is 9.55. The average Bonchev–Trinajstić information content (AvgIpc) is 2.75. The largest absolute Gasteiger partial charge is 0.368 e. The number of anilines is 3. The van der Waals surface area contributed by atoms with E-state index < -0.39 is 0 Å². The molecule has 3 aromatic carbocycles. The molecule has 0 saturated carbocycles. The van der Waals surface area contributed by atoms with E-state index in [4.69, 9.17) is 5.73 Å². The van der Waals surface area contributed by atoms with Gasteiger partial charge < -0.3 is 11.1 Å². The molecular weight excluding hydrogens is 394 g/mol. The van der Waals surface area contributed by atoms with Crippen LogP contribution in [0.2, 0.25) is 0 Å². The predicted molar refractivity (Wildman–Crippen MR) is 119 cm³/mol. The van der Waals surface area contributed by atoms with Crippen molar-refractivity contribution in [2.24, 2.45) is 0 Å². The minimum absolute atomic E-state index is 0.0101. The third kappa shape index (κ3) is 4.16. The second-order valence-corrected chi connectivity index (χ2v) is 7.27. The van der Waals surface area contributed by atoms with Crippen LogP contribution in [0.3, 0.4) is 0 Å². The molecule has 5 N–H and O–H groups in total. The minimum Gasteiger partial charge on any atom is -0.368 e. The van der Waals surface area contributed by atoms with Gasteiger partial charge in [-0.3, -0.25) is 15.2 Å². The maximum absolute atomic E-state index is 12.9. The Hall–Kier alpha value is -4.01. The molecule has 4 aromatic rings. The number of aryl methyl sites for hydroxylation is 2. The highest BCUT2D eigenvalue weighted by atomic mass is 16.8. The van der Waals surface area contributed by atoms with Gasteiger partial charge in [-0.15, -0.1) is 5.23 Å². The molecule has 8 nitrogen and oxygen atoms in total. The molecule has 0 saturated heterocycles. The highest BCUT2D eigenvalue weighted by Crippen LogP contribution is 2.28. The summed E-state index contributed by atoms with van der Waals surface area (Å²) in [4.78, 5) is 21.2. The molecular formula is C23H21N5O3. The number of hydrogen-bond donors (Lipinski definition) is 4. The van der Waals surface area contributed by atoms with Gasteiger partial charge in [0.25, 0.3) is 5.91 Å². The summed E-state index contributed by atoms with van der Waals surface area (Å²) in [5, 5.41) is 22.2. The lowest BCUT2D eigenvalue weighted by atomic mass is 9.97. The van der Waals surface area contributed by atoms with E-state index in [-0.39, 0.29) is 22.8 Å². The Balaban J connectivity index is 1.67. The summed E-state index contributed by atoms with van der Waals surface area (Å²) in [6, 6.07) is 15.9. The number of hydrogen-bond acceptors (Lipinski definition) is 7. The molecule has 31 heavy (non-hydrogen) atoms. The fraction of sp³-hybridized carbons (Fsp3) is 0.0870. The van der Waals surface area contributed by atoms with Crippen LogP contribution in [0.15, 0.2) is 60.8 Å². The SMILES string of the molecule is Cc1ccc(N(O)O)cc1NC(=O)c1ccc(C)c(-c2ccc3nc(N)ncc3c2)c1. The Morgan fingerprint density at radius 2 is 1.77 bits per heavy atom. The zero-order valence-electron chi connectivity index (χ0n) is 17.0. The number of nitrogens with zero attached hydrogens (tertiary/aromatic N) is 3. The van der Waals surface area contributed by atoms with Gasteiger partial charge in [-0.2, -0.15) is 0 Å². The molecule has 0 aliphatic carbocycles. The van der Waals surface area contributed by atoms with Crippen molar-refractivity contribution in [3.8, 4) is 11.1 Å². The van der Waals surface area contributed by atoms with Gasteiger partial charge in [-0.1, -0.05) is 18.2 Å². The quantitative estimate of drug-likeness (QED) is 0.366. The van der Waals surface area contributed by atoms with Crippen LogP contribution >= 0.6 is 0 Å². The Morgan fingerprint density at radius 3 is 2.55 bits per heavy atom. The number of aromatic nitrogens is 2. The minimum atomic E-state index is -0.305. The molecule has 1 amide bonds. The van der Waals surface area contributed by atoms with Crippen LogP contribution in [0, 0.1) is 13.8 Å². The highest BCUT2D eigenvalue weighted by molar-refractivity contribution is 6.05. The Kier molecular flexibility index (Phi) is 5.24. The van der Waals surface area contributed by atoms with Gasteiger partial charge in [0.1, 0.15) is 0 Å². The van der Waals surface area contributed by atoms with Crippen LogP contribution in [-0.4, -0.2) is 26.3 Å². The van der Waals surface area contributed by atoms with Crippen molar-refractivity contribution in [3.63, 3.8) is 0 Å². The lowest BCUT2D eigenvalue weighted by Gasteiger charge is -2.14.